The molecule has 0 saturated heterocycles. The summed E-state index contributed by atoms with van der Waals surface area (Å²) in [4.78, 5) is 13.5. The molecule has 0 aromatic heterocycles. The van der Waals surface area contributed by atoms with Gasteiger partial charge in [-0.05, 0) is 18.2 Å². The molecule has 1 aromatic rings. The number of halogens is 2. The molecule has 0 aliphatic heterocycles. The summed E-state index contributed by atoms with van der Waals surface area (Å²) in [7, 11) is 0. The number of nitrogens with one attached hydrogen (secondary N) is 1. The SMILES string of the molecule is N#C/C(=C/N(CCO)CCO)C(=O)Nc1ccc(Cl)c(Cl)c1. The summed E-state index contributed by atoms with van der Waals surface area (Å²) in [5, 5.41) is 30.1. The Hall–Kier alpha value is -1.78. The Morgan fingerprint density at radius 2 is 1.91 bits per heavy atom. The smallest absolute Gasteiger partial charge is 0.267 e. The van der Waals surface area contributed by atoms with Crippen molar-refractivity contribution in [3.63, 3.8) is 0 Å². The van der Waals surface area contributed by atoms with Gasteiger partial charge in [0.15, 0.2) is 0 Å². The molecule has 22 heavy (non-hydrogen) atoms. The quantitative estimate of drug-likeness (QED) is 0.516. The number of nitrogens with zero attached hydrogens (tertiary/aromatic N) is 2. The van der Waals surface area contributed by atoms with Crippen molar-refractivity contribution in [2.75, 3.05) is 31.6 Å². The topological polar surface area (TPSA) is 96.6 Å². The van der Waals surface area contributed by atoms with Crippen molar-refractivity contribution in [2.24, 2.45) is 0 Å². The van der Waals surface area contributed by atoms with Crippen LogP contribution in [0.5, 0.6) is 0 Å². The maximum Gasteiger partial charge on any atom is 0.267 e. The van der Waals surface area contributed by atoms with Gasteiger partial charge in [-0.2, -0.15) is 5.26 Å². The maximum absolute atomic E-state index is 12.1. The molecular weight excluding hydrogens is 329 g/mol. The molecule has 0 aliphatic carbocycles. The molecular formula is C14H15Cl2N3O3. The second-order valence-corrected chi connectivity index (χ2v) is 5.04. The third-order valence-electron chi connectivity index (χ3n) is 2.63. The minimum absolute atomic E-state index is 0.159. The molecule has 3 N–H and O–H groups in total. The molecule has 0 unspecified atom stereocenters. The molecule has 0 aliphatic rings. The number of carbonyl (C=O) groups is 1. The predicted octanol–water partition coefficient (Wildman–Crippen LogP) is 1.63. The Kier molecular flexibility index (Phi) is 7.71. The number of hydrogen-bond donors (Lipinski definition) is 3. The molecule has 0 atom stereocenters. The third-order valence-corrected chi connectivity index (χ3v) is 3.37. The van der Waals surface area contributed by atoms with E-state index in [4.69, 9.17) is 38.7 Å². The van der Waals surface area contributed by atoms with E-state index in [1.807, 2.05) is 0 Å². The van der Waals surface area contributed by atoms with Crippen molar-refractivity contribution in [2.45, 2.75) is 0 Å². The van der Waals surface area contributed by atoms with Gasteiger partial charge in [0.25, 0.3) is 5.91 Å². The zero-order valence-corrected chi connectivity index (χ0v) is 13.1. The molecule has 0 heterocycles. The average molecular weight is 344 g/mol. The van der Waals surface area contributed by atoms with Gasteiger partial charge in [-0.25, -0.2) is 0 Å². The summed E-state index contributed by atoms with van der Waals surface area (Å²) < 4.78 is 0. The first-order chi connectivity index (χ1) is 10.5. The number of aliphatic hydroxyl groups excluding tert-OH is 2. The van der Waals surface area contributed by atoms with Crippen molar-refractivity contribution in [3.8, 4) is 6.07 Å². The summed E-state index contributed by atoms with van der Waals surface area (Å²) in [6.45, 7) is 0.0742. The lowest BCUT2D eigenvalue weighted by atomic mass is 10.2. The van der Waals surface area contributed by atoms with Gasteiger partial charge in [-0.15, -0.1) is 0 Å². The maximum atomic E-state index is 12.1. The monoisotopic (exact) mass is 343 g/mol. The highest BCUT2D eigenvalue weighted by Gasteiger charge is 2.12. The van der Waals surface area contributed by atoms with E-state index in [1.165, 1.54) is 23.2 Å². The Labute approximate surface area is 138 Å². The van der Waals surface area contributed by atoms with Crippen LogP contribution in [-0.2, 0) is 4.79 Å². The summed E-state index contributed by atoms with van der Waals surface area (Å²) in [6.07, 6.45) is 1.29. The van der Waals surface area contributed by atoms with Crippen LogP contribution in [0.2, 0.25) is 10.0 Å². The van der Waals surface area contributed by atoms with Gasteiger partial charge >= 0.3 is 0 Å². The van der Waals surface area contributed by atoms with Crippen molar-refractivity contribution in [1.82, 2.24) is 4.90 Å². The molecule has 118 valence electrons. The molecule has 0 radical (unpaired) electrons. The standard InChI is InChI=1S/C14H15Cl2N3O3/c15-12-2-1-11(7-13(12)16)18-14(22)10(8-17)9-19(3-5-20)4-6-21/h1-2,7,9,20-21H,3-6H2,(H,18,22)/b10-9-. The van der Waals surface area contributed by atoms with Crippen LogP contribution in [0.1, 0.15) is 0 Å². The largest absolute Gasteiger partial charge is 0.395 e. The average Bonchev–Trinajstić information content (AvgIpc) is 2.48. The van der Waals surface area contributed by atoms with E-state index in [9.17, 15) is 4.79 Å². The molecule has 0 fully saturated rings. The first kappa shape index (κ1) is 18.3. The number of nitriles is 1. The van der Waals surface area contributed by atoms with Gasteiger partial charge in [0.1, 0.15) is 11.6 Å². The number of rotatable bonds is 7. The molecule has 8 heteroatoms. The molecule has 0 spiro atoms. The van der Waals surface area contributed by atoms with Crippen LogP contribution in [0.3, 0.4) is 0 Å². The van der Waals surface area contributed by atoms with Gasteiger partial charge < -0.3 is 20.4 Å². The van der Waals surface area contributed by atoms with E-state index in [0.29, 0.717) is 10.7 Å². The molecule has 1 aromatic carbocycles. The zero-order valence-electron chi connectivity index (χ0n) is 11.6. The van der Waals surface area contributed by atoms with Crippen LogP contribution in [0.4, 0.5) is 5.69 Å². The highest BCUT2D eigenvalue weighted by atomic mass is 35.5. The molecule has 1 rings (SSSR count). The lowest BCUT2D eigenvalue weighted by Gasteiger charge is -2.18. The Balaban J connectivity index is 2.87. The summed E-state index contributed by atoms with van der Waals surface area (Å²) in [5.74, 6) is -0.623. The van der Waals surface area contributed by atoms with Crippen LogP contribution >= 0.6 is 23.2 Å². The molecule has 6 nitrogen and oxygen atoms in total. The number of anilines is 1. The highest BCUT2D eigenvalue weighted by molar-refractivity contribution is 6.42. The van der Waals surface area contributed by atoms with Gasteiger partial charge in [0.05, 0.1) is 23.3 Å². The second-order valence-electron chi connectivity index (χ2n) is 4.22. The van der Waals surface area contributed by atoms with E-state index in [-0.39, 0.29) is 36.9 Å². The highest BCUT2D eigenvalue weighted by Crippen LogP contribution is 2.25. The number of hydrogen-bond acceptors (Lipinski definition) is 5. The first-order valence-corrected chi connectivity index (χ1v) is 7.11. The Morgan fingerprint density at radius 3 is 2.41 bits per heavy atom. The Morgan fingerprint density at radius 1 is 1.27 bits per heavy atom. The van der Waals surface area contributed by atoms with E-state index in [1.54, 1.807) is 12.1 Å². The molecule has 1 amide bonds. The minimum Gasteiger partial charge on any atom is -0.395 e. The number of aliphatic hydroxyl groups is 2. The number of amides is 1. The zero-order chi connectivity index (χ0) is 16.5. The summed E-state index contributed by atoms with van der Waals surface area (Å²) in [6, 6.07) is 6.33. The van der Waals surface area contributed by atoms with Crippen molar-refractivity contribution < 1.29 is 15.0 Å². The van der Waals surface area contributed by atoms with Crippen molar-refractivity contribution >= 4 is 34.8 Å². The van der Waals surface area contributed by atoms with E-state index < -0.39 is 5.91 Å². The lowest BCUT2D eigenvalue weighted by Crippen LogP contribution is -2.26. The number of benzene rings is 1. The van der Waals surface area contributed by atoms with Crippen LogP contribution < -0.4 is 5.32 Å². The summed E-state index contributed by atoms with van der Waals surface area (Å²) >= 11 is 11.6. The van der Waals surface area contributed by atoms with Gasteiger partial charge in [0.2, 0.25) is 0 Å². The fraction of sp³-hybridized carbons (Fsp3) is 0.286. The molecule has 0 bridgehead atoms. The third kappa shape index (κ3) is 5.54. The fourth-order valence-electron chi connectivity index (χ4n) is 1.59. The summed E-state index contributed by atoms with van der Waals surface area (Å²) in [5.41, 5.74) is 0.240. The van der Waals surface area contributed by atoms with Gasteiger partial charge in [-0.3, -0.25) is 4.79 Å². The van der Waals surface area contributed by atoms with Gasteiger partial charge in [-0.1, -0.05) is 23.2 Å². The first-order valence-electron chi connectivity index (χ1n) is 6.36. The lowest BCUT2D eigenvalue weighted by molar-refractivity contribution is -0.112. The fourth-order valence-corrected chi connectivity index (χ4v) is 1.89. The minimum atomic E-state index is -0.623. The number of carbonyl (C=O) groups excluding carboxylic acids is 1. The van der Waals surface area contributed by atoms with E-state index >= 15 is 0 Å². The van der Waals surface area contributed by atoms with Crippen LogP contribution in [0, 0.1) is 11.3 Å². The Bertz CT molecular complexity index is 593. The van der Waals surface area contributed by atoms with Gasteiger partial charge in [0, 0.05) is 25.0 Å². The van der Waals surface area contributed by atoms with Crippen LogP contribution in [0.25, 0.3) is 0 Å². The van der Waals surface area contributed by atoms with Crippen molar-refractivity contribution in [3.05, 3.63) is 40.0 Å². The van der Waals surface area contributed by atoms with E-state index in [0.717, 1.165) is 0 Å². The van der Waals surface area contributed by atoms with Crippen LogP contribution in [0.15, 0.2) is 30.0 Å². The normalized spacial score (nSPS) is 11.0. The van der Waals surface area contributed by atoms with Crippen molar-refractivity contribution in [1.29, 1.82) is 5.26 Å². The molecule has 0 saturated carbocycles. The predicted molar refractivity (Wildman–Crippen MR) is 84.5 cm³/mol. The van der Waals surface area contributed by atoms with Crippen LogP contribution in [-0.4, -0.2) is 47.3 Å². The van der Waals surface area contributed by atoms with E-state index in [2.05, 4.69) is 5.32 Å². The second kappa shape index (κ2) is 9.28.